The predicted octanol–water partition coefficient (Wildman–Crippen LogP) is -0.0428. The molecule has 0 aliphatic rings. The molecule has 0 amide bonds. The summed E-state index contributed by atoms with van der Waals surface area (Å²) in [6, 6.07) is 0. The van der Waals surface area contributed by atoms with Crippen LogP contribution in [-0.2, 0) is 0 Å². The van der Waals surface area contributed by atoms with E-state index in [1.165, 1.54) is 11.5 Å². The van der Waals surface area contributed by atoms with Gasteiger partial charge in [0.25, 0.3) is 0 Å². The maximum absolute atomic E-state index is 3.64. The third kappa shape index (κ3) is 0.417. The fourth-order valence-corrected chi connectivity index (χ4v) is 0.456. The molecule has 1 aromatic heterocycles. The minimum absolute atomic E-state index is 1.41. The molecule has 1 rings (SSSR count). The Kier molecular flexibility index (Phi) is 0.624. The number of nitrogens with zero attached hydrogens (tertiary/aromatic N) is 1. The molecule has 0 bridgehead atoms. The summed E-state index contributed by atoms with van der Waals surface area (Å²) in [7, 11) is 0. The second-order valence-corrected chi connectivity index (χ2v) is 1.29. The van der Waals surface area contributed by atoms with Gasteiger partial charge in [0.2, 0.25) is 6.20 Å². The number of nitrogens with one attached hydrogen (secondary N) is 1. The number of aromatic amines is 1. The Morgan fingerprint density at radius 2 is 2.80 bits per heavy atom. The molecular weight excluding hydrogens is 84.1 g/mol. The maximum atomic E-state index is 3.64. The fraction of sp³-hybridized carbons (Fsp3) is 0. The highest BCUT2D eigenvalue weighted by Gasteiger charge is 1.70. The van der Waals surface area contributed by atoms with Crippen molar-refractivity contribution in [1.82, 2.24) is 4.49 Å². The zero-order valence-corrected chi connectivity index (χ0v) is 3.33. The summed E-state index contributed by atoms with van der Waals surface area (Å²) in [5.41, 5.74) is 0. The van der Waals surface area contributed by atoms with Crippen LogP contribution in [0.25, 0.3) is 0 Å². The second kappa shape index (κ2) is 1.12. The van der Waals surface area contributed by atoms with Crippen LogP contribution in [0.5, 0.6) is 0 Å². The predicted molar refractivity (Wildman–Crippen MR) is 18.7 cm³/mol. The van der Waals surface area contributed by atoms with Crippen molar-refractivity contribution in [3.8, 4) is 0 Å². The molecule has 0 aliphatic carbocycles. The van der Waals surface area contributed by atoms with Crippen LogP contribution in [0.2, 0.25) is 0 Å². The Morgan fingerprint density at radius 1 is 1.80 bits per heavy atom. The average Bonchev–Trinajstić information content (AvgIpc) is 1.76. The van der Waals surface area contributed by atoms with Gasteiger partial charge in [-0.1, -0.05) is 5.10 Å². The van der Waals surface area contributed by atoms with Crippen LogP contribution in [0, 0.1) is 0 Å². The van der Waals surface area contributed by atoms with E-state index in [0.29, 0.717) is 0 Å². The standard InChI is InChI=1S/C2H2N2S/c1-2-5-4-3-1/h1-2H/p+1. The normalized spacial score (nSPS) is 8.00. The van der Waals surface area contributed by atoms with Gasteiger partial charge in [0.15, 0.2) is 0 Å². The van der Waals surface area contributed by atoms with Crippen molar-refractivity contribution in [2.75, 3.05) is 0 Å². The Bertz CT molecular complexity index is 64.1. The summed E-state index contributed by atoms with van der Waals surface area (Å²) in [6.45, 7) is 0. The highest BCUT2D eigenvalue weighted by molar-refractivity contribution is 7.03. The van der Waals surface area contributed by atoms with Gasteiger partial charge in [-0.05, 0) is 0 Å². The molecule has 0 aliphatic heterocycles. The lowest BCUT2D eigenvalue weighted by Gasteiger charge is -1.31. The Labute approximate surface area is 33.6 Å². The number of hydrogen-bond donors (Lipinski definition) is 0. The molecule has 3 heteroatoms. The van der Waals surface area contributed by atoms with Crippen molar-refractivity contribution < 1.29 is 5.10 Å². The number of aromatic nitrogens is 2. The van der Waals surface area contributed by atoms with Gasteiger partial charge in [-0.25, -0.2) is 0 Å². The van der Waals surface area contributed by atoms with Crippen molar-refractivity contribution >= 4 is 11.5 Å². The van der Waals surface area contributed by atoms with Crippen LogP contribution >= 0.6 is 11.5 Å². The van der Waals surface area contributed by atoms with E-state index in [1.807, 2.05) is 5.38 Å². The van der Waals surface area contributed by atoms with Gasteiger partial charge in [0.05, 0.1) is 9.87 Å². The van der Waals surface area contributed by atoms with Gasteiger partial charge in [0, 0.05) is 11.5 Å². The molecule has 2 nitrogen and oxygen atoms in total. The lowest BCUT2D eigenvalue weighted by atomic mass is 11.1. The van der Waals surface area contributed by atoms with Crippen LogP contribution in [0.15, 0.2) is 11.6 Å². The molecule has 0 unspecified atom stereocenters. The first-order valence-electron chi connectivity index (χ1n) is 1.26. The Morgan fingerprint density at radius 3 is 3.00 bits per heavy atom. The first kappa shape index (κ1) is 2.78. The van der Waals surface area contributed by atoms with Crippen molar-refractivity contribution in [2.24, 2.45) is 0 Å². The molecule has 0 spiro atoms. The van der Waals surface area contributed by atoms with E-state index in [1.54, 1.807) is 6.20 Å². The highest BCUT2D eigenvalue weighted by atomic mass is 32.1. The maximum Gasteiger partial charge on any atom is 0.206 e. The van der Waals surface area contributed by atoms with E-state index >= 15 is 0 Å². The van der Waals surface area contributed by atoms with E-state index in [-0.39, 0.29) is 0 Å². The molecule has 1 N–H and O–H groups in total. The van der Waals surface area contributed by atoms with Gasteiger partial charge < -0.3 is 0 Å². The molecule has 5 heavy (non-hydrogen) atoms. The third-order valence-corrected chi connectivity index (χ3v) is 0.777. The van der Waals surface area contributed by atoms with E-state index < -0.39 is 0 Å². The molecule has 26 valence electrons. The number of hydrogen-bond acceptors (Lipinski definition) is 2. The monoisotopic (exact) mass is 87.0 g/mol. The summed E-state index contributed by atoms with van der Waals surface area (Å²) >= 11 is 1.41. The highest BCUT2D eigenvalue weighted by Crippen LogP contribution is 1.73. The summed E-state index contributed by atoms with van der Waals surface area (Å²) in [5.74, 6) is 0. The summed E-state index contributed by atoms with van der Waals surface area (Å²) in [4.78, 5) is 0. The molecule has 0 atom stereocenters. The van der Waals surface area contributed by atoms with Crippen LogP contribution in [0.3, 0.4) is 0 Å². The Balaban J connectivity index is 3.13. The largest absolute Gasteiger partial charge is 0.206 e. The van der Waals surface area contributed by atoms with Gasteiger partial charge in [-0.3, -0.25) is 0 Å². The lowest BCUT2D eigenvalue weighted by Crippen LogP contribution is -1.94. The fourth-order valence-electron chi connectivity index (χ4n) is 0.152. The topological polar surface area (TPSA) is 27.0 Å². The van der Waals surface area contributed by atoms with Crippen LogP contribution < -0.4 is 5.10 Å². The minimum atomic E-state index is 1.41. The van der Waals surface area contributed by atoms with Crippen LogP contribution in [-0.4, -0.2) is 4.49 Å². The first-order chi connectivity index (χ1) is 2.50. The smallest absolute Gasteiger partial charge is 0.0944 e. The minimum Gasteiger partial charge on any atom is -0.0944 e. The van der Waals surface area contributed by atoms with Gasteiger partial charge in [0.1, 0.15) is 0 Å². The van der Waals surface area contributed by atoms with Gasteiger partial charge >= 0.3 is 0 Å². The molecule has 0 fully saturated rings. The zero-order chi connectivity index (χ0) is 3.54. The summed E-state index contributed by atoms with van der Waals surface area (Å²) in [5, 5.41) is 4.50. The average molecular weight is 87.1 g/mol. The van der Waals surface area contributed by atoms with Crippen molar-refractivity contribution in [2.45, 2.75) is 0 Å². The van der Waals surface area contributed by atoms with Crippen LogP contribution in [0.4, 0.5) is 0 Å². The van der Waals surface area contributed by atoms with E-state index in [4.69, 9.17) is 0 Å². The second-order valence-electron chi connectivity index (χ2n) is 0.629. The summed E-state index contributed by atoms with van der Waals surface area (Å²) < 4.78 is 3.64. The van der Waals surface area contributed by atoms with Crippen molar-refractivity contribution in [1.29, 1.82) is 0 Å². The van der Waals surface area contributed by atoms with Crippen LogP contribution in [0.1, 0.15) is 0 Å². The molecule has 0 saturated heterocycles. The number of H-pyrrole nitrogens is 1. The molecule has 0 saturated carbocycles. The number of rotatable bonds is 0. The van der Waals surface area contributed by atoms with Crippen molar-refractivity contribution in [3.05, 3.63) is 11.6 Å². The first-order valence-corrected chi connectivity index (χ1v) is 2.10. The quantitative estimate of drug-likeness (QED) is 0.436. The van der Waals surface area contributed by atoms with Gasteiger partial charge in [-0.15, -0.1) is 0 Å². The van der Waals surface area contributed by atoms with E-state index in [2.05, 4.69) is 9.59 Å². The molecule has 0 radical (unpaired) electrons. The van der Waals surface area contributed by atoms with E-state index in [0.717, 1.165) is 0 Å². The van der Waals surface area contributed by atoms with Crippen molar-refractivity contribution in [3.63, 3.8) is 0 Å². The zero-order valence-electron chi connectivity index (χ0n) is 2.51. The SMILES string of the molecule is c1csn[nH+]1. The Hall–Kier alpha value is -0.440. The van der Waals surface area contributed by atoms with E-state index in [9.17, 15) is 0 Å². The third-order valence-electron chi connectivity index (χ3n) is 0.309. The lowest BCUT2D eigenvalue weighted by molar-refractivity contribution is -0.443. The molecular formula is C2H3N2S+. The summed E-state index contributed by atoms with van der Waals surface area (Å²) in [6.07, 6.45) is 1.78. The molecule has 1 aromatic rings. The molecule has 0 aromatic carbocycles. The molecule has 1 heterocycles. The van der Waals surface area contributed by atoms with Gasteiger partial charge in [-0.2, -0.15) is 0 Å².